The topological polar surface area (TPSA) is 35.2 Å². The van der Waals surface area contributed by atoms with Gasteiger partial charge in [-0.05, 0) is 22.0 Å². The van der Waals surface area contributed by atoms with E-state index in [1.165, 1.54) is 0 Å². The van der Waals surface area contributed by atoms with Crippen molar-refractivity contribution in [3.05, 3.63) is 22.4 Å². The van der Waals surface area contributed by atoms with Gasteiger partial charge in [-0.3, -0.25) is 0 Å². The van der Waals surface area contributed by atoms with Crippen LogP contribution in [0.5, 0.6) is 5.75 Å². The third-order valence-electron chi connectivity index (χ3n) is 1.42. The largest absolute Gasteiger partial charge is 0.481 e. The van der Waals surface area contributed by atoms with Crippen LogP contribution in [-0.2, 0) is 0 Å². The van der Waals surface area contributed by atoms with Crippen molar-refractivity contribution >= 4 is 21.6 Å². The fraction of sp³-hybridized carbons (Fsp3) is 0.250. The van der Waals surface area contributed by atoms with Gasteiger partial charge in [-0.2, -0.15) is 13.2 Å². The summed E-state index contributed by atoms with van der Waals surface area (Å²) < 4.78 is 52.7. The number of alkyl halides is 3. The molecule has 0 aliphatic carbocycles. The molecule has 2 N–H and O–H groups in total. The van der Waals surface area contributed by atoms with Crippen molar-refractivity contribution in [2.75, 3.05) is 12.3 Å². The van der Waals surface area contributed by atoms with Gasteiger partial charge in [-0.15, -0.1) is 0 Å². The van der Waals surface area contributed by atoms with Crippen molar-refractivity contribution in [2.24, 2.45) is 0 Å². The predicted octanol–water partition coefficient (Wildman–Crippen LogP) is 3.11. The van der Waals surface area contributed by atoms with Crippen molar-refractivity contribution in [2.45, 2.75) is 6.18 Å². The van der Waals surface area contributed by atoms with Crippen LogP contribution >= 0.6 is 15.9 Å². The fourth-order valence-corrected chi connectivity index (χ4v) is 1.45. The van der Waals surface area contributed by atoms with Crippen LogP contribution in [0, 0.1) is 5.82 Å². The number of halogens is 5. The number of hydrogen-bond acceptors (Lipinski definition) is 2. The second kappa shape index (κ2) is 4.26. The maximum atomic E-state index is 12.7. The van der Waals surface area contributed by atoms with E-state index in [1.807, 2.05) is 0 Å². The summed E-state index contributed by atoms with van der Waals surface area (Å²) in [6.45, 7) is -1.47. The Bertz CT molecular complexity index is 343. The van der Waals surface area contributed by atoms with Crippen LogP contribution < -0.4 is 10.5 Å². The first kappa shape index (κ1) is 12.1. The van der Waals surface area contributed by atoms with Crippen LogP contribution in [0.1, 0.15) is 0 Å². The Morgan fingerprint density at radius 3 is 2.40 bits per heavy atom. The summed E-state index contributed by atoms with van der Waals surface area (Å²) in [5.41, 5.74) is 5.10. The smallest absolute Gasteiger partial charge is 0.422 e. The molecule has 0 saturated heterocycles. The molecule has 84 valence electrons. The SMILES string of the molecule is Nc1cc(F)cc(Br)c1OCC(F)(F)F. The minimum Gasteiger partial charge on any atom is -0.481 e. The number of nitrogen functional groups attached to an aromatic ring is 1. The van der Waals surface area contributed by atoms with Crippen LogP contribution in [0.25, 0.3) is 0 Å². The molecule has 0 bridgehead atoms. The number of anilines is 1. The first-order valence-electron chi connectivity index (χ1n) is 3.73. The summed E-state index contributed by atoms with van der Waals surface area (Å²) in [4.78, 5) is 0. The van der Waals surface area contributed by atoms with E-state index in [4.69, 9.17) is 5.73 Å². The molecule has 2 nitrogen and oxygen atoms in total. The van der Waals surface area contributed by atoms with Gasteiger partial charge >= 0.3 is 6.18 Å². The molecule has 0 fully saturated rings. The number of nitrogens with two attached hydrogens (primary N) is 1. The lowest BCUT2D eigenvalue weighted by Crippen LogP contribution is -2.19. The van der Waals surface area contributed by atoms with Crippen LogP contribution in [0.4, 0.5) is 23.2 Å². The zero-order valence-electron chi connectivity index (χ0n) is 7.24. The third kappa shape index (κ3) is 3.58. The summed E-state index contributed by atoms with van der Waals surface area (Å²) >= 11 is 2.85. The molecule has 1 aromatic rings. The maximum absolute atomic E-state index is 12.7. The summed E-state index contributed by atoms with van der Waals surface area (Å²) in [5.74, 6) is -0.868. The van der Waals surface area contributed by atoms with Gasteiger partial charge in [-0.1, -0.05) is 0 Å². The Balaban J connectivity index is 2.86. The Morgan fingerprint density at radius 1 is 1.33 bits per heavy atom. The number of benzene rings is 1. The lowest BCUT2D eigenvalue weighted by molar-refractivity contribution is -0.153. The van der Waals surface area contributed by atoms with E-state index in [0.29, 0.717) is 0 Å². The quantitative estimate of drug-likeness (QED) is 0.670. The highest BCUT2D eigenvalue weighted by Gasteiger charge is 2.29. The van der Waals surface area contributed by atoms with Crippen LogP contribution in [0.15, 0.2) is 16.6 Å². The Morgan fingerprint density at radius 2 is 1.93 bits per heavy atom. The standard InChI is InChI=1S/C8H6BrF4NO/c9-5-1-4(10)2-6(14)7(5)15-3-8(11,12)13/h1-2H,3,14H2. The van der Waals surface area contributed by atoms with Crippen LogP contribution in [-0.4, -0.2) is 12.8 Å². The van der Waals surface area contributed by atoms with Gasteiger partial charge in [0.05, 0.1) is 10.2 Å². The Hall–Kier alpha value is -0.980. The van der Waals surface area contributed by atoms with Gasteiger partial charge in [0.15, 0.2) is 12.4 Å². The van der Waals surface area contributed by atoms with Crippen LogP contribution in [0.2, 0.25) is 0 Å². The zero-order chi connectivity index (χ0) is 11.6. The highest BCUT2D eigenvalue weighted by molar-refractivity contribution is 9.10. The normalized spacial score (nSPS) is 11.5. The van der Waals surface area contributed by atoms with E-state index in [-0.39, 0.29) is 15.9 Å². The molecular formula is C8H6BrF4NO. The summed E-state index contributed by atoms with van der Waals surface area (Å²) in [7, 11) is 0. The molecule has 0 heterocycles. The highest BCUT2D eigenvalue weighted by Crippen LogP contribution is 2.33. The van der Waals surface area contributed by atoms with Crippen molar-refractivity contribution < 1.29 is 22.3 Å². The van der Waals surface area contributed by atoms with E-state index in [9.17, 15) is 17.6 Å². The van der Waals surface area contributed by atoms with E-state index >= 15 is 0 Å². The van der Waals surface area contributed by atoms with E-state index < -0.39 is 18.6 Å². The molecule has 0 radical (unpaired) electrons. The summed E-state index contributed by atoms with van der Waals surface area (Å²) in [5, 5.41) is 0. The van der Waals surface area contributed by atoms with E-state index in [2.05, 4.69) is 20.7 Å². The maximum Gasteiger partial charge on any atom is 0.422 e. The molecular weight excluding hydrogens is 282 g/mol. The predicted molar refractivity (Wildman–Crippen MR) is 50.1 cm³/mol. The Kier molecular flexibility index (Phi) is 3.43. The number of rotatable bonds is 2. The lowest BCUT2D eigenvalue weighted by atomic mass is 10.3. The van der Waals surface area contributed by atoms with Crippen molar-refractivity contribution in [3.8, 4) is 5.75 Å². The first-order valence-corrected chi connectivity index (χ1v) is 4.53. The van der Waals surface area contributed by atoms with Crippen molar-refractivity contribution in [3.63, 3.8) is 0 Å². The van der Waals surface area contributed by atoms with E-state index in [0.717, 1.165) is 12.1 Å². The van der Waals surface area contributed by atoms with E-state index in [1.54, 1.807) is 0 Å². The molecule has 0 spiro atoms. The summed E-state index contributed by atoms with van der Waals surface area (Å²) in [6, 6.07) is 1.86. The molecule has 15 heavy (non-hydrogen) atoms. The highest BCUT2D eigenvalue weighted by atomic mass is 79.9. The molecule has 0 aliphatic rings. The third-order valence-corrected chi connectivity index (χ3v) is 2.01. The van der Waals surface area contributed by atoms with Crippen LogP contribution in [0.3, 0.4) is 0 Å². The number of ether oxygens (including phenoxy) is 1. The molecule has 0 amide bonds. The average molecular weight is 288 g/mol. The molecule has 0 unspecified atom stereocenters. The second-order valence-corrected chi connectivity index (χ2v) is 3.56. The van der Waals surface area contributed by atoms with Gasteiger partial charge < -0.3 is 10.5 Å². The Labute approximate surface area is 91.1 Å². The van der Waals surface area contributed by atoms with Gasteiger partial charge in [-0.25, -0.2) is 4.39 Å². The number of hydrogen-bond donors (Lipinski definition) is 1. The van der Waals surface area contributed by atoms with Gasteiger partial charge in [0, 0.05) is 6.07 Å². The fourth-order valence-electron chi connectivity index (χ4n) is 0.887. The van der Waals surface area contributed by atoms with Crippen molar-refractivity contribution in [1.29, 1.82) is 0 Å². The molecule has 0 atom stereocenters. The van der Waals surface area contributed by atoms with Gasteiger partial charge in [0.2, 0.25) is 0 Å². The summed E-state index contributed by atoms with van der Waals surface area (Å²) in [6.07, 6.45) is -4.46. The molecule has 1 rings (SSSR count). The minimum atomic E-state index is -4.46. The zero-order valence-corrected chi connectivity index (χ0v) is 8.82. The molecule has 0 aliphatic heterocycles. The van der Waals surface area contributed by atoms with Gasteiger partial charge in [0.1, 0.15) is 5.82 Å². The first-order chi connectivity index (χ1) is 6.79. The molecule has 7 heteroatoms. The monoisotopic (exact) mass is 287 g/mol. The van der Waals surface area contributed by atoms with Gasteiger partial charge in [0.25, 0.3) is 0 Å². The molecule has 1 aromatic carbocycles. The average Bonchev–Trinajstić information content (AvgIpc) is 1.99. The molecule has 0 saturated carbocycles. The second-order valence-electron chi connectivity index (χ2n) is 2.71. The molecule has 0 aromatic heterocycles. The van der Waals surface area contributed by atoms with Crippen molar-refractivity contribution in [1.82, 2.24) is 0 Å². The lowest BCUT2D eigenvalue weighted by Gasteiger charge is -2.12. The minimum absolute atomic E-state index is 0.0456.